The normalized spacial score (nSPS) is 14.3. The second kappa shape index (κ2) is 13.3. The molecular weight excluding hydrogens is 440 g/mol. The van der Waals surface area contributed by atoms with E-state index in [0.29, 0.717) is 0 Å². The fourth-order valence-corrected chi connectivity index (χ4v) is 2.85. The van der Waals surface area contributed by atoms with Crippen LogP contribution in [0.15, 0.2) is 30.3 Å². The van der Waals surface area contributed by atoms with Crippen LogP contribution in [-0.2, 0) is 30.4 Å². The number of carbonyl (C=O) groups is 5. The topological polar surface area (TPSA) is 188 Å². The van der Waals surface area contributed by atoms with Gasteiger partial charge in [0.15, 0.2) is 0 Å². The molecule has 12 heteroatoms. The van der Waals surface area contributed by atoms with Crippen molar-refractivity contribution in [3.63, 3.8) is 0 Å². The van der Waals surface area contributed by atoms with E-state index in [4.69, 9.17) is 15.9 Å². The SMILES string of the molecule is CC(NC(=O)C(Cc1ccccc1)NC(=O)C(CS)NC(=O)C(N)CCC(=O)O)C(=O)O. The molecule has 0 aliphatic carbocycles. The molecule has 176 valence electrons. The molecule has 3 amide bonds. The maximum atomic E-state index is 12.7. The summed E-state index contributed by atoms with van der Waals surface area (Å²) in [6.07, 6.45) is -0.349. The van der Waals surface area contributed by atoms with Gasteiger partial charge in [0.05, 0.1) is 6.04 Å². The Labute approximate surface area is 190 Å². The third-order valence-electron chi connectivity index (χ3n) is 4.47. The predicted octanol–water partition coefficient (Wildman–Crippen LogP) is -1.09. The van der Waals surface area contributed by atoms with E-state index in [-0.39, 0.29) is 25.0 Å². The number of nitrogens with two attached hydrogens (primary N) is 1. The van der Waals surface area contributed by atoms with Gasteiger partial charge in [-0.1, -0.05) is 30.3 Å². The van der Waals surface area contributed by atoms with Crippen molar-refractivity contribution >= 4 is 42.3 Å². The number of rotatable bonds is 13. The number of amides is 3. The molecule has 0 aromatic heterocycles. The van der Waals surface area contributed by atoms with Gasteiger partial charge < -0.3 is 31.9 Å². The number of nitrogens with one attached hydrogen (secondary N) is 3. The summed E-state index contributed by atoms with van der Waals surface area (Å²) in [5.41, 5.74) is 6.37. The van der Waals surface area contributed by atoms with E-state index >= 15 is 0 Å². The quantitative estimate of drug-likeness (QED) is 0.178. The summed E-state index contributed by atoms with van der Waals surface area (Å²) in [6.45, 7) is 1.29. The van der Waals surface area contributed by atoms with Crippen molar-refractivity contribution in [2.45, 2.75) is 50.4 Å². The summed E-state index contributed by atoms with van der Waals surface area (Å²) >= 11 is 4.05. The van der Waals surface area contributed by atoms with Crippen LogP contribution in [-0.4, -0.2) is 69.8 Å². The third-order valence-corrected chi connectivity index (χ3v) is 4.83. The van der Waals surface area contributed by atoms with Crippen molar-refractivity contribution in [2.24, 2.45) is 5.73 Å². The Morgan fingerprint density at radius 1 is 0.938 bits per heavy atom. The van der Waals surface area contributed by atoms with Crippen LogP contribution in [0.4, 0.5) is 0 Å². The van der Waals surface area contributed by atoms with Gasteiger partial charge in [0.2, 0.25) is 17.7 Å². The van der Waals surface area contributed by atoms with E-state index in [1.165, 1.54) is 6.92 Å². The van der Waals surface area contributed by atoms with E-state index in [1.54, 1.807) is 30.3 Å². The van der Waals surface area contributed by atoms with Gasteiger partial charge >= 0.3 is 11.9 Å². The fraction of sp³-hybridized carbons (Fsp3) is 0.450. The number of hydrogen-bond acceptors (Lipinski definition) is 7. The minimum absolute atomic E-state index is 0.0795. The standard InChI is InChI=1S/C20H28N4O7S/c1-11(20(30)31)22-18(28)14(9-12-5-3-2-4-6-12)23-19(29)15(10-32)24-17(27)13(21)7-8-16(25)26/h2-6,11,13-15,32H,7-10,21H2,1H3,(H,22,28)(H,23,29)(H,24,27)(H,25,26)(H,30,31). The largest absolute Gasteiger partial charge is 0.481 e. The first-order valence-corrected chi connectivity index (χ1v) is 10.4. The van der Waals surface area contributed by atoms with Gasteiger partial charge in [0.1, 0.15) is 18.1 Å². The zero-order valence-electron chi connectivity index (χ0n) is 17.5. The van der Waals surface area contributed by atoms with E-state index in [9.17, 15) is 24.0 Å². The van der Waals surface area contributed by atoms with Gasteiger partial charge in [-0.3, -0.25) is 24.0 Å². The average molecular weight is 469 g/mol. The molecule has 0 saturated heterocycles. The summed E-state index contributed by atoms with van der Waals surface area (Å²) in [6, 6.07) is 4.19. The number of hydrogen-bond donors (Lipinski definition) is 7. The van der Waals surface area contributed by atoms with Crippen LogP contribution in [0.3, 0.4) is 0 Å². The molecule has 0 spiro atoms. The number of carbonyl (C=O) groups excluding carboxylic acids is 3. The molecule has 4 unspecified atom stereocenters. The van der Waals surface area contributed by atoms with Crippen molar-refractivity contribution in [1.29, 1.82) is 0 Å². The maximum absolute atomic E-state index is 12.7. The first-order chi connectivity index (χ1) is 15.0. The Balaban J connectivity index is 2.89. The lowest BCUT2D eigenvalue weighted by molar-refractivity contribution is -0.142. The van der Waals surface area contributed by atoms with Gasteiger partial charge in [-0.25, -0.2) is 0 Å². The van der Waals surface area contributed by atoms with Crippen molar-refractivity contribution in [3.05, 3.63) is 35.9 Å². The minimum atomic E-state index is -1.24. The fourth-order valence-electron chi connectivity index (χ4n) is 2.59. The van der Waals surface area contributed by atoms with Crippen LogP contribution in [0, 0.1) is 0 Å². The summed E-state index contributed by atoms with van der Waals surface area (Å²) in [5.74, 6) is -4.63. The molecule has 0 bridgehead atoms. The van der Waals surface area contributed by atoms with Gasteiger partial charge in [-0.2, -0.15) is 12.6 Å². The number of aliphatic carboxylic acids is 2. The van der Waals surface area contributed by atoms with E-state index in [2.05, 4.69) is 28.6 Å². The zero-order chi connectivity index (χ0) is 24.3. The number of benzene rings is 1. The molecular formula is C20H28N4O7S. The van der Waals surface area contributed by atoms with Gasteiger partial charge in [-0.15, -0.1) is 0 Å². The molecule has 1 aromatic carbocycles. The maximum Gasteiger partial charge on any atom is 0.325 e. The molecule has 0 saturated carbocycles. The molecule has 0 aliphatic heterocycles. The van der Waals surface area contributed by atoms with Crippen LogP contribution in [0.2, 0.25) is 0 Å². The molecule has 1 aromatic rings. The number of thiol groups is 1. The minimum Gasteiger partial charge on any atom is -0.481 e. The molecule has 0 aliphatic rings. The Morgan fingerprint density at radius 3 is 2.03 bits per heavy atom. The first-order valence-electron chi connectivity index (χ1n) is 9.81. The van der Waals surface area contributed by atoms with Crippen molar-refractivity contribution in [2.75, 3.05) is 5.75 Å². The lowest BCUT2D eigenvalue weighted by Gasteiger charge is -2.24. The third kappa shape index (κ3) is 9.35. The van der Waals surface area contributed by atoms with E-state index in [0.717, 1.165) is 5.56 Å². The van der Waals surface area contributed by atoms with E-state index in [1.807, 2.05) is 0 Å². The molecule has 0 radical (unpaired) electrons. The van der Waals surface area contributed by atoms with E-state index < -0.39 is 53.8 Å². The van der Waals surface area contributed by atoms with Gasteiger partial charge in [0.25, 0.3) is 0 Å². The van der Waals surface area contributed by atoms with Crippen LogP contribution in [0.5, 0.6) is 0 Å². The monoisotopic (exact) mass is 468 g/mol. The molecule has 11 nitrogen and oxygen atoms in total. The molecule has 4 atom stereocenters. The average Bonchev–Trinajstić information content (AvgIpc) is 2.75. The second-order valence-electron chi connectivity index (χ2n) is 7.10. The number of carboxylic acid groups (broad SMARTS) is 2. The Bertz CT molecular complexity index is 821. The number of carboxylic acids is 2. The highest BCUT2D eigenvalue weighted by atomic mass is 32.1. The Morgan fingerprint density at radius 2 is 1.50 bits per heavy atom. The molecule has 0 heterocycles. The molecule has 1 rings (SSSR count). The highest BCUT2D eigenvalue weighted by Gasteiger charge is 2.29. The molecule has 7 N–H and O–H groups in total. The van der Waals surface area contributed by atoms with Crippen LogP contribution >= 0.6 is 12.6 Å². The smallest absolute Gasteiger partial charge is 0.325 e. The summed E-state index contributed by atoms with van der Waals surface area (Å²) in [5, 5.41) is 24.9. The van der Waals surface area contributed by atoms with Crippen molar-refractivity contribution < 1.29 is 34.2 Å². The van der Waals surface area contributed by atoms with Crippen molar-refractivity contribution in [1.82, 2.24) is 16.0 Å². The Hall–Kier alpha value is -3.12. The van der Waals surface area contributed by atoms with Gasteiger partial charge in [-0.05, 0) is 18.9 Å². The second-order valence-corrected chi connectivity index (χ2v) is 7.47. The lowest BCUT2D eigenvalue weighted by atomic mass is 10.0. The molecule has 32 heavy (non-hydrogen) atoms. The Kier molecular flexibility index (Phi) is 11.2. The van der Waals surface area contributed by atoms with Crippen molar-refractivity contribution in [3.8, 4) is 0 Å². The summed E-state index contributed by atoms with van der Waals surface area (Å²) in [7, 11) is 0. The highest BCUT2D eigenvalue weighted by Crippen LogP contribution is 2.05. The first kappa shape index (κ1) is 26.9. The van der Waals surface area contributed by atoms with Crippen LogP contribution < -0.4 is 21.7 Å². The summed E-state index contributed by atoms with van der Waals surface area (Å²) in [4.78, 5) is 59.2. The highest BCUT2D eigenvalue weighted by molar-refractivity contribution is 7.80. The predicted molar refractivity (Wildman–Crippen MR) is 118 cm³/mol. The van der Waals surface area contributed by atoms with Crippen LogP contribution in [0.25, 0.3) is 0 Å². The summed E-state index contributed by atoms with van der Waals surface area (Å²) < 4.78 is 0. The van der Waals surface area contributed by atoms with Crippen LogP contribution in [0.1, 0.15) is 25.3 Å². The zero-order valence-corrected chi connectivity index (χ0v) is 18.4. The molecule has 0 fully saturated rings. The lowest BCUT2D eigenvalue weighted by Crippen LogP contribution is -2.58. The van der Waals surface area contributed by atoms with Gasteiger partial charge in [0, 0.05) is 18.6 Å².